The molecule has 0 spiro atoms. The van der Waals surface area contributed by atoms with Crippen LogP contribution in [0.5, 0.6) is 0 Å². The van der Waals surface area contributed by atoms with E-state index in [-0.39, 0.29) is 11.9 Å². The minimum atomic E-state index is -0.164. The zero-order valence-corrected chi connectivity index (χ0v) is 12.0. The largest absolute Gasteiger partial charge is 0.325 e. The second kappa shape index (κ2) is 6.23. The normalized spacial score (nSPS) is 12.9. The smallest absolute Gasteiger partial charge is 0.127 e. The van der Waals surface area contributed by atoms with Gasteiger partial charge < -0.3 is 5.73 Å². The van der Waals surface area contributed by atoms with Crippen LogP contribution >= 0.6 is 11.3 Å². The minimum absolute atomic E-state index is 0.00391. The molecule has 5 heteroatoms. The number of nitrogens with two attached hydrogens (primary N) is 1. The molecule has 0 aliphatic rings. The molecule has 1 aromatic heterocycles. The SMILES string of the molecule is CC(c1ccccc1F)N(C)Cc1csc(CN)n1. The molecular formula is C14H18FN3S. The molecule has 3 nitrogen and oxygen atoms in total. The Morgan fingerprint density at radius 1 is 1.42 bits per heavy atom. The maximum absolute atomic E-state index is 13.7. The summed E-state index contributed by atoms with van der Waals surface area (Å²) in [6.07, 6.45) is 0. The van der Waals surface area contributed by atoms with Crippen LogP contribution in [0.25, 0.3) is 0 Å². The number of hydrogen-bond acceptors (Lipinski definition) is 4. The number of halogens is 1. The lowest BCUT2D eigenvalue weighted by atomic mass is 10.1. The third-order valence-corrected chi connectivity index (χ3v) is 4.12. The quantitative estimate of drug-likeness (QED) is 0.915. The van der Waals surface area contributed by atoms with Gasteiger partial charge in [-0.15, -0.1) is 11.3 Å². The summed E-state index contributed by atoms with van der Waals surface area (Å²) in [6.45, 7) is 3.15. The molecule has 19 heavy (non-hydrogen) atoms. The van der Waals surface area contributed by atoms with Crippen molar-refractivity contribution in [2.24, 2.45) is 5.73 Å². The van der Waals surface area contributed by atoms with E-state index < -0.39 is 0 Å². The highest BCUT2D eigenvalue weighted by Gasteiger charge is 2.16. The summed E-state index contributed by atoms with van der Waals surface area (Å²) in [5.41, 5.74) is 7.24. The molecule has 0 aliphatic carbocycles. The van der Waals surface area contributed by atoms with E-state index in [4.69, 9.17) is 5.73 Å². The van der Waals surface area contributed by atoms with Crippen molar-refractivity contribution in [3.8, 4) is 0 Å². The fourth-order valence-electron chi connectivity index (χ4n) is 1.96. The van der Waals surface area contributed by atoms with E-state index in [0.29, 0.717) is 18.7 Å². The second-order valence-electron chi connectivity index (χ2n) is 4.55. The fourth-order valence-corrected chi connectivity index (χ4v) is 2.62. The Kier molecular flexibility index (Phi) is 4.63. The van der Waals surface area contributed by atoms with Crippen LogP contribution in [0, 0.1) is 5.82 Å². The van der Waals surface area contributed by atoms with Gasteiger partial charge in [0.2, 0.25) is 0 Å². The lowest BCUT2D eigenvalue weighted by Gasteiger charge is -2.24. The van der Waals surface area contributed by atoms with E-state index in [0.717, 1.165) is 10.7 Å². The molecule has 1 atom stereocenters. The number of aromatic nitrogens is 1. The summed E-state index contributed by atoms with van der Waals surface area (Å²) in [6, 6.07) is 6.89. The number of benzene rings is 1. The number of hydrogen-bond donors (Lipinski definition) is 1. The molecular weight excluding hydrogens is 261 g/mol. The van der Waals surface area contributed by atoms with Crippen LogP contribution in [-0.2, 0) is 13.1 Å². The highest BCUT2D eigenvalue weighted by molar-refractivity contribution is 7.09. The Bertz CT molecular complexity index is 541. The molecule has 0 radical (unpaired) electrons. The monoisotopic (exact) mass is 279 g/mol. The van der Waals surface area contributed by atoms with E-state index in [1.165, 1.54) is 6.07 Å². The van der Waals surface area contributed by atoms with Crippen LogP contribution in [0.3, 0.4) is 0 Å². The molecule has 0 bridgehead atoms. The van der Waals surface area contributed by atoms with Crippen molar-refractivity contribution in [2.75, 3.05) is 7.05 Å². The third-order valence-electron chi connectivity index (χ3n) is 3.20. The maximum atomic E-state index is 13.7. The Morgan fingerprint density at radius 2 is 2.16 bits per heavy atom. The first-order chi connectivity index (χ1) is 9.11. The molecule has 0 aliphatic heterocycles. The molecule has 1 heterocycles. The summed E-state index contributed by atoms with van der Waals surface area (Å²) < 4.78 is 13.7. The van der Waals surface area contributed by atoms with Crippen LogP contribution in [0.15, 0.2) is 29.6 Å². The third kappa shape index (κ3) is 3.37. The van der Waals surface area contributed by atoms with Gasteiger partial charge in [-0.05, 0) is 20.0 Å². The zero-order chi connectivity index (χ0) is 13.8. The lowest BCUT2D eigenvalue weighted by molar-refractivity contribution is 0.245. The number of nitrogens with zero attached hydrogens (tertiary/aromatic N) is 2. The molecule has 2 aromatic rings. The van der Waals surface area contributed by atoms with E-state index >= 15 is 0 Å². The average molecular weight is 279 g/mol. The molecule has 2 N–H and O–H groups in total. The van der Waals surface area contributed by atoms with Crippen LogP contribution < -0.4 is 5.73 Å². The van der Waals surface area contributed by atoms with E-state index in [1.807, 2.05) is 31.5 Å². The molecule has 0 amide bonds. The van der Waals surface area contributed by atoms with Crippen molar-refractivity contribution in [1.82, 2.24) is 9.88 Å². The van der Waals surface area contributed by atoms with Gasteiger partial charge in [-0.1, -0.05) is 18.2 Å². The molecule has 102 valence electrons. The van der Waals surface area contributed by atoms with Crippen molar-refractivity contribution in [3.63, 3.8) is 0 Å². The van der Waals surface area contributed by atoms with Crippen LogP contribution in [0.4, 0.5) is 4.39 Å². The fraction of sp³-hybridized carbons (Fsp3) is 0.357. The zero-order valence-electron chi connectivity index (χ0n) is 11.1. The molecule has 0 saturated carbocycles. The predicted molar refractivity (Wildman–Crippen MR) is 76.3 cm³/mol. The Balaban J connectivity index is 2.07. The predicted octanol–water partition coefficient (Wildman–Crippen LogP) is 2.93. The van der Waals surface area contributed by atoms with Gasteiger partial charge in [-0.3, -0.25) is 4.90 Å². The standard InChI is InChI=1S/C14H18FN3S/c1-10(12-5-3-4-6-13(12)15)18(2)8-11-9-19-14(7-16)17-11/h3-6,9-10H,7-8,16H2,1-2H3. The van der Waals surface area contributed by atoms with Gasteiger partial charge in [0.1, 0.15) is 10.8 Å². The summed E-state index contributed by atoms with van der Waals surface area (Å²) in [7, 11) is 1.97. The van der Waals surface area contributed by atoms with Gasteiger partial charge in [-0.25, -0.2) is 9.37 Å². The van der Waals surface area contributed by atoms with Gasteiger partial charge in [0, 0.05) is 30.1 Å². The lowest BCUT2D eigenvalue weighted by Crippen LogP contribution is -2.23. The van der Waals surface area contributed by atoms with Crippen molar-refractivity contribution in [2.45, 2.75) is 26.1 Å². The van der Waals surface area contributed by atoms with Crippen molar-refractivity contribution in [1.29, 1.82) is 0 Å². The van der Waals surface area contributed by atoms with E-state index in [9.17, 15) is 4.39 Å². The molecule has 1 aromatic carbocycles. The minimum Gasteiger partial charge on any atom is -0.325 e. The summed E-state index contributed by atoms with van der Waals surface area (Å²) in [5.74, 6) is -0.164. The maximum Gasteiger partial charge on any atom is 0.127 e. The first kappa shape index (κ1) is 14.1. The van der Waals surface area contributed by atoms with Gasteiger partial charge in [0.05, 0.1) is 5.69 Å². The first-order valence-electron chi connectivity index (χ1n) is 6.20. The highest BCUT2D eigenvalue weighted by Crippen LogP contribution is 2.23. The number of rotatable bonds is 5. The molecule has 2 rings (SSSR count). The summed E-state index contributed by atoms with van der Waals surface area (Å²) in [4.78, 5) is 6.50. The average Bonchev–Trinajstić information content (AvgIpc) is 2.86. The Morgan fingerprint density at radius 3 is 2.79 bits per heavy atom. The van der Waals surface area contributed by atoms with Crippen molar-refractivity contribution in [3.05, 3.63) is 51.7 Å². The molecule has 1 unspecified atom stereocenters. The highest BCUT2D eigenvalue weighted by atomic mass is 32.1. The van der Waals surface area contributed by atoms with Crippen LogP contribution in [0.2, 0.25) is 0 Å². The van der Waals surface area contributed by atoms with Crippen molar-refractivity contribution >= 4 is 11.3 Å². The van der Waals surface area contributed by atoms with Gasteiger partial charge in [0.25, 0.3) is 0 Å². The Hall–Kier alpha value is -1.30. The second-order valence-corrected chi connectivity index (χ2v) is 5.49. The molecule has 0 fully saturated rings. The summed E-state index contributed by atoms with van der Waals surface area (Å²) >= 11 is 1.57. The van der Waals surface area contributed by atoms with Crippen LogP contribution in [0.1, 0.15) is 29.2 Å². The first-order valence-corrected chi connectivity index (χ1v) is 7.07. The van der Waals surface area contributed by atoms with E-state index in [1.54, 1.807) is 17.4 Å². The molecule has 0 saturated heterocycles. The van der Waals surface area contributed by atoms with E-state index in [2.05, 4.69) is 9.88 Å². The topological polar surface area (TPSA) is 42.1 Å². The van der Waals surface area contributed by atoms with Gasteiger partial charge in [-0.2, -0.15) is 0 Å². The van der Waals surface area contributed by atoms with Gasteiger partial charge >= 0.3 is 0 Å². The van der Waals surface area contributed by atoms with Gasteiger partial charge in [0.15, 0.2) is 0 Å². The number of thiazole rings is 1. The Labute approximate surface area is 116 Å². The summed E-state index contributed by atoms with van der Waals surface area (Å²) in [5, 5.41) is 2.94. The van der Waals surface area contributed by atoms with Crippen LogP contribution in [-0.4, -0.2) is 16.9 Å². The van der Waals surface area contributed by atoms with Crippen molar-refractivity contribution < 1.29 is 4.39 Å².